The second kappa shape index (κ2) is 6.51. The summed E-state index contributed by atoms with van der Waals surface area (Å²) in [4.78, 5) is 13.9. The summed E-state index contributed by atoms with van der Waals surface area (Å²) in [7, 11) is 0. The van der Waals surface area contributed by atoms with Crippen LogP contribution in [0.25, 0.3) is 0 Å². The van der Waals surface area contributed by atoms with Crippen LogP contribution in [-0.4, -0.2) is 27.7 Å². The van der Waals surface area contributed by atoms with Crippen LogP contribution >= 0.6 is 0 Å². The number of hydrogen-bond acceptors (Lipinski definition) is 6. The molecular weight excluding hydrogens is 236 g/mol. The second-order valence-corrected chi connectivity index (χ2v) is 3.72. The summed E-state index contributed by atoms with van der Waals surface area (Å²) in [5.74, 6) is 0.309. The van der Waals surface area contributed by atoms with Gasteiger partial charge in [0.15, 0.2) is 0 Å². The molecule has 0 amide bonds. The van der Waals surface area contributed by atoms with Gasteiger partial charge < -0.3 is 10.4 Å². The Bertz CT molecular complexity index is 470. The Morgan fingerprint density at radius 2 is 2.44 bits per heavy atom. The van der Waals surface area contributed by atoms with Crippen molar-refractivity contribution in [3.63, 3.8) is 0 Å². The van der Waals surface area contributed by atoms with Gasteiger partial charge in [-0.3, -0.25) is 10.1 Å². The number of nitrogens with zero attached hydrogens (tertiary/aromatic N) is 3. The Morgan fingerprint density at radius 3 is 2.94 bits per heavy atom. The standard InChI is InChI=1S/C11H14N4O3/c1-2-9(3-4-16)14-11-8(6-12)5-10(7-13-11)15(17)18/h5,7,9,16H,2-4H2,1H3,(H,13,14). The van der Waals surface area contributed by atoms with Crippen LogP contribution in [0.15, 0.2) is 12.3 Å². The summed E-state index contributed by atoms with van der Waals surface area (Å²) < 4.78 is 0. The predicted octanol–water partition coefficient (Wildman–Crippen LogP) is 1.43. The molecule has 0 fully saturated rings. The van der Waals surface area contributed by atoms with Gasteiger partial charge in [-0.15, -0.1) is 0 Å². The van der Waals surface area contributed by atoms with E-state index in [-0.39, 0.29) is 23.9 Å². The molecule has 0 spiro atoms. The molecule has 1 atom stereocenters. The zero-order valence-corrected chi connectivity index (χ0v) is 9.96. The van der Waals surface area contributed by atoms with E-state index in [1.807, 2.05) is 13.0 Å². The van der Waals surface area contributed by atoms with Crippen molar-refractivity contribution in [2.24, 2.45) is 0 Å². The van der Waals surface area contributed by atoms with Crippen LogP contribution < -0.4 is 5.32 Å². The fourth-order valence-electron chi connectivity index (χ4n) is 1.48. The molecule has 1 rings (SSSR count). The van der Waals surface area contributed by atoms with Crippen molar-refractivity contribution in [1.82, 2.24) is 4.98 Å². The number of hydrogen-bond donors (Lipinski definition) is 2. The van der Waals surface area contributed by atoms with E-state index in [2.05, 4.69) is 10.3 Å². The largest absolute Gasteiger partial charge is 0.396 e. The van der Waals surface area contributed by atoms with Crippen LogP contribution in [0, 0.1) is 21.4 Å². The molecule has 1 aromatic rings. The van der Waals surface area contributed by atoms with Gasteiger partial charge in [0.25, 0.3) is 5.69 Å². The number of aliphatic hydroxyl groups excluding tert-OH is 1. The van der Waals surface area contributed by atoms with E-state index < -0.39 is 4.92 Å². The van der Waals surface area contributed by atoms with Crippen LogP contribution in [0.4, 0.5) is 11.5 Å². The maximum Gasteiger partial charge on any atom is 0.289 e. The lowest BCUT2D eigenvalue weighted by molar-refractivity contribution is -0.385. The fraction of sp³-hybridized carbons (Fsp3) is 0.455. The topological polar surface area (TPSA) is 112 Å². The van der Waals surface area contributed by atoms with Crippen LogP contribution in [0.2, 0.25) is 0 Å². The zero-order chi connectivity index (χ0) is 13.5. The Labute approximate surface area is 104 Å². The monoisotopic (exact) mass is 250 g/mol. The van der Waals surface area contributed by atoms with Crippen molar-refractivity contribution >= 4 is 11.5 Å². The van der Waals surface area contributed by atoms with Crippen LogP contribution in [0.1, 0.15) is 25.3 Å². The second-order valence-electron chi connectivity index (χ2n) is 3.72. The van der Waals surface area contributed by atoms with E-state index in [1.165, 1.54) is 6.07 Å². The van der Waals surface area contributed by atoms with Crippen molar-refractivity contribution < 1.29 is 10.0 Å². The number of nitro groups is 1. The predicted molar refractivity (Wildman–Crippen MR) is 65.0 cm³/mol. The van der Waals surface area contributed by atoms with E-state index in [9.17, 15) is 10.1 Å². The van der Waals surface area contributed by atoms with Crippen molar-refractivity contribution in [2.75, 3.05) is 11.9 Å². The molecule has 0 aromatic carbocycles. The van der Waals surface area contributed by atoms with E-state index in [0.29, 0.717) is 12.2 Å². The van der Waals surface area contributed by atoms with E-state index >= 15 is 0 Å². The summed E-state index contributed by atoms with van der Waals surface area (Å²) >= 11 is 0. The molecule has 18 heavy (non-hydrogen) atoms. The first-order chi connectivity index (χ1) is 8.62. The van der Waals surface area contributed by atoms with Crippen LogP contribution in [0.3, 0.4) is 0 Å². The van der Waals surface area contributed by atoms with Gasteiger partial charge in [-0.25, -0.2) is 4.98 Å². The first-order valence-corrected chi connectivity index (χ1v) is 5.54. The molecule has 1 unspecified atom stereocenters. The summed E-state index contributed by atoms with van der Waals surface area (Å²) in [5, 5.41) is 31.4. The molecule has 1 heterocycles. The minimum absolute atomic E-state index is 0.0175. The van der Waals surface area contributed by atoms with Gasteiger partial charge in [-0.2, -0.15) is 5.26 Å². The molecule has 0 radical (unpaired) electrons. The number of nitrogens with one attached hydrogen (secondary N) is 1. The van der Waals surface area contributed by atoms with Gasteiger partial charge in [0.05, 0.1) is 4.92 Å². The Morgan fingerprint density at radius 1 is 1.72 bits per heavy atom. The number of pyridine rings is 1. The molecule has 0 aliphatic rings. The lowest BCUT2D eigenvalue weighted by Gasteiger charge is -2.16. The maximum atomic E-state index is 10.6. The lowest BCUT2D eigenvalue weighted by atomic mass is 10.1. The summed E-state index contributed by atoms with van der Waals surface area (Å²) in [6, 6.07) is 3.03. The smallest absolute Gasteiger partial charge is 0.289 e. The number of aliphatic hydroxyl groups is 1. The van der Waals surface area contributed by atoms with Gasteiger partial charge >= 0.3 is 0 Å². The van der Waals surface area contributed by atoms with Gasteiger partial charge in [-0.05, 0) is 12.8 Å². The van der Waals surface area contributed by atoms with E-state index in [4.69, 9.17) is 10.4 Å². The molecule has 0 saturated heterocycles. The van der Waals surface area contributed by atoms with E-state index in [0.717, 1.165) is 12.6 Å². The Hall–Kier alpha value is -2.20. The zero-order valence-electron chi connectivity index (χ0n) is 9.96. The quantitative estimate of drug-likeness (QED) is 0.583. The summed E-state index contributed by atoms with van der Waals surface area (Å²) in [6.45, 7) is 1.96. The Kier molecular flexibility index (Phi) is 5.02. The van der Waals surface area contributed by atoms with Crippen LogP contribution in [-0.2, 0) is 0 Å². The molecule has 7 nitrogen and oxygen atoms in total. The van der Waals surface area contributed by atoms with Gasteiger partial charge in [0.2, 0.25) is 0 Å². The molecule has 0 saturated carbocycles. The molecule has 0 aliphatic carbocycles. The highest BCUT2D eigenvalue weighted by molar-refractivity contribution is 5.55. The number of anilines is 1. The van der Waals surface area contributed by atoms with E-state index in [1.54, 1.807) is 0 Å². The third kappa shape index (κ3) is 3.40. The van der Waals surface area contributed by atoms with Gasteiger partial charge in [-0.1, -0.05) is 6.92 Å². The van der Waals surface area contributed by atoms with Gasteiger partial charge in [0, 0.05) is 18.7 Å². The van der Waals surface area contributed by atoms with Crippen molar-refractivity contribution in [1.29, 1.82) is 5.26 Å². The molecule has 2 N–H and O–H groups in total. The third-order valence-corrected chi connectivity index (χ3v) is 2.52. The Balaban J connectivity index is 2.96. The number of aromatic nitrogens is 1. The first kappa shape index (κ1) is 13.9. The van der Waals surface area contributed by atoms with Crippen molar-refractivity contribution in [3.05, 3.63) is 27.9 Å². The minimum atomic E-state index is -0.595. The molecule has 96 valence electrons. The number of rotatable bonds is 6. The lowest BCUT2D eigenvalue weighted by Crippen LogP contribution is -2.21. The summed E-state index contributed by atoms with van der Waals surface area (Å²) in [6.07, 6.45) is 2.39. The third-order valence-electron chi connectivity index (χ3n) is 2.52. The summed E-state index contributed by atoms with van der Waals surface area (Å²) in [5.41, 5.74) is -0.0899. The first-order valence-electron chi connectivity index (χ1n) is 5.54. The highest BCUT2D eigenvalue weighted by atomic mass is 16.6. The minimum Gasteiger partial charge on any atom is -0.396 e. The normalized spacial score (nSPS) is 11.6. The van der Waals surface area contributed by atoms with Crippen molar-refractivity contribution in [2.45, 2.75) is 25.8 Å². The average molecular weight is 250 g/mol. The molecule has 1 aromatic heterocycles. The van der Waals surface area contributed by atoms with Gasteiger partial charge in [0.1, 0.15) is 23.6 Å². The highest BCUT2D eigenvalue weighted by Crippen LogP contribution is 2.19. The fourth-order valence-corrected chi connectivity index (χ4v) is 1.48. The highest BCUT2D eigenvalue weighted by Gasteiger charge is 2.14. The molecular formula is C11H14N4O3. The SMILES string of the molecule is CCC(CCO)Nc1ncc([N+](=O)[O-])cc1C#N. The molecule has 0 aliphatic heterocycles. The molecule has 7 heteroatoms. The average Bonchev–Trinajstić information content (AvgIpc) is 2.38. The van der Waals surface area contributed by atoms with Crippen LogP contribution in [0.5, 0.6) is 0 Å². The molecule has 0 bridgehead atoms. The number of nitriles is 1. The van der Waals surface area contributed by atoms with Crippen molar-refractivity contribution in [3.8, 4) is 6.07 Å². The maximum absolute atomic E-state index is 10.6.